The van der Waals surface area contributed by atoms with Crippen LogP contribution in [0, 0.1) is 19.8 Å². The number of pyridine rings is 1. The van der Waals surface area contributed by atoms with Crippen molar-refractivity contribution in [2.75, 3.05) is 7.11 Å². The summed E-state index contributed by atoms with van der Waals surface area (Å²) in [5.41, 5.74) is 3.10. The molecule has 1 aromatic heterocycles. The van der Waals surface area contributed by atoms with Gasteiger partial charge < -0.3 is 14.8 Å². The number of nitrogens with zero attached hydrogens (tertiary/aromatic N) is 1. The molecule has 0 spiro atoms. The summed E-state index contributed by atoms with van der Waals surface area (Å²) in [5, 5.41) is 3.78. The maximum atomic E-state index is 13.4. The van der Waals surface area contributed by atoms with Crippen LogP contribution in [-0.4, -0.2) is 35.6 Å². The van der Waals surface area contributed by atoms with Gasteiger partial charge in [0.05, 0.1) is 12.7 Å². The third kappa shape index (κ3) is 6.62. The average molecular weight is 501 g/mol. The monoisotopic (exact) mass is 500 g/mol. The van der Waals surface area contributed by atoms with Crippen molar-refractivity contribution < 1.29 is 19.1 Å². The molecule has 7 heteroatoms. The van der Waals surface area contributed by atoms with Crippen LogP contribution in [0.15, 0.2) is 24.3 Å². The predicted octanol–water partition coefficient (Wildman–Crippen LogP) is 6.36. The first kappa shape index (κ1) is 27.2. The van der Waals surface area contributed by atoms with E-state index in [1.165, 1.54) is 7.11 Å². The SMILES string of the molecule is COC(=O)C(OC(C)(C)C)c1c(C)nc(C(=O)NC2CCC(C)CC2)c(C)c1-c1ccc(Cl)cc1. The van der Waals surface area contributed by atoms with E-state index in [2.05, 4.69) is 12.2 Å². The Hall–Kier alpha value is -2.44. The van der Waals surface area contributed by atoms with Crippen LogP contribution in [0.25, 0.3) is 11.1 Å². The summed E-state index contributed by atoms with van der Waals surface area (Å²) in [6.45, 7) is 11.6. The minimum Gasteiger partial charge on any atom is -0.467 e. The lowest BCUT2D eigenvalue weighted by Gasteiger charge is -2.30. The van der Waals surface area contributed by atoms with E-state index in [1.807, 2.05) is 39.8 Å². The van der Waals surface area contributed by atoms with Gasteiger partial charge in [0.2, 0.25) is 0 Å². The molecule has 1 amide bonds. The Bertz CT molecular complexity index is 1070. The number of methoxy groups -OCH3 is 1. The molecule has 0 bridgehead atoms. The second-order valence-corrected chi connectivity index (χ2v) is 11.0. The first-order valence-electron chi connectivity index (χ1n) is 12.2. The molecule has 1 N–H and O–H groups in total. The maximum Gasteiger partial charge on any atom is 0.339 e. The molecule has 3 rings (SSSR count). The minimum absolute atomic E-state index is 0.144. The fourth-order valence-corrected chi connectivity index (χ4v) is 4.81. The van der Waals surface area contributed by atoms with E-state index >= 15 is 0 Å². The van der Waals surface area contributed by atoms with Crippen molar-refractivity contribution in [2.45, 2.75) is 85.0 Å². The molecule has 1 atom stereocenters. The van der Waals surface area contributed by atoms with Gasteiger partial charge >= 0.3 is 5.97 Å². The summed E-state index contributed by atoms with van der Waals surface area (Å²) in [7, 11) is 1.34. The number of hydrogen-bond acceptors (Lipinski definition) is 5. The third-order valence-corrected chi connectivity index (χ3v) is 6.77. The Kier molecular flexibility index (Phi) is 8.60. The summed E-state index contributed by atoms with van der Waals surface area (Å²) in [6, 6.07) is 7.48. The molecule has 1 saturated carbocycles. The van der Waals surface area contributed by atoms with E-state index in [0.29, 0.717) is 33.5 Å². The van der Waals surface area contributed by atoms with Crippen molar-refractivity contribution in [1.82, 2.24) is 10.3 Å². The number of benzene rings is 1. The Morgan fingerprint density at radius 1 is 1.09 bits per heavy atom. The zero-order chi connectivity index (χ0) is 25.9. The lowest BCUT2D eigenvalue weighted by molar-refractivity contribution is -0.164. The largest absolute Gasteiger partial charge is 0.467 e. The zero-order valence-corrected chi connectivity index (χ0v) is 22.6. The van der Waals surface area contributed by atoms with Crippen LogP contribution in [0.2, 0.25) is 5.02 Å². The van der Waals surface area contributed by atoms with Crippen LogP contribution in [0.3, 0.4) is 0 Å². The molecule has 0 aliphatic heterocycles. The van der Waals surface area contributed by atoms with Gasteiger partial charge in [-0.3, -0.25) is 4.79 Å². The molecular weight excluding hydrogens is 464 g/mol. The van der Waals surface area contributed by atoms with Gasteiger partial charge in [0.1, 0.15) is 5.69 Å². The second-order valence-electron chi connectivity index (χ2n) is 10.5. The number of nitrogens with one attached hydrogen (secondary N) is 1. The summed E-state index contributed by atoms with van der Waals surface area (Å²) >= 11 is 6.16. The Morgan fingerprint density at radius 3 is 2.23 bits per heavy atom. The maximum absolute atomic E-state index is 13.4. The van der Waals surface area contributed by atoms with Crippen molar-refractivity contribution in [3.05, 3.63) is 51.8 Å². The standard InChI is InChI=1S/C28H37ClN2O4/c1-16-8-14-21(15-9-16)31-26(32)24-17(2)22(19-10-12-20(29)13-11-19)23(18(3)30-24)25(27(33)34-7)35-28(4,5)6/h10-13,16,21,25H,8-9,14-15H2,1-7H3,(H,31,32). The molecule has 2 aromatic rings. The van der Waals surface area contributed by atoms with Crippen molar-refractivity contribution in [3.63, 3.8) is 0 Å². The molecule has 1 heterocycles. The van der Waals surface area contributed by atoms with Gasteiger partial charge in [-0.1, -0.05) is 30.7 Å². The Balaban J connectivity index is 2.15. The summed E-state index contributed by atoms with van der Waals surface area (Å²) < 4.78 is 11.3. The first-order chi connectivity index (χ1) is 16.4. The van der Waals surface area contributed by atoms with E-state index in [0.717, 1.165) is 36.8 Å². The van der Waals surface area contributed by atoms with E-state index in [-0.39, 0.29) is 11.9 Å². The van der Waals surface area contributed by atoms with Crippen LogP contribution in [0.1, 0.15) is 86.8 Å². The molecule has 190 valence electrons. The van der Waals surface area contributed by atoms with Gasteiger partial charge in [-0.15, -0.1) is 0 Å². The van der Waals surface area contributed by atoms with Crippen LogP contribution in [0.5, 0.6) is 0 Å². The number of esters is 1. The summed E-state index contributed by atoms with van der Waals surface area (Å²) in [6.07, 6.45) is 3.15. The number of carbonyl (C=O) groups is 2. The van der Waals surface area contributed by atoms with Gasteiger partial charge in [0.15, 0.2) is 6.10 Å². The molecule has 0 radical (unpaired) electrons. The topological polar surface area (TPSA) is 77.5 Å². The van der Waals surface area contributed by atoms with E-state index in [4.69, 9.17) is 26.1 Å². The van der Waals surface area contributed by atoms with Crippen LogP contribution >= 0.6 is 11.6 Å². The average Bonchev–Trinajstić information content (AvgIpc) is 2.79. The fraction of sp³-hybridized carbons (Fsp3) is 0.536. The number of amides is 1. The van der Waals surface area contributed by atoms with Gasteiger partial charge in [0.25, 0.3) is 5.91 Å². The fourth-order valence-electron chi connectivity index (χ4n) is 4.69. The van der Waals surface area contributed by atoms with Gasteiger partial charge in [0, 0.05) is 22.3 Å². The van der Waals surface area contributed by atoms with Crippen molar-refractivity contribution >= 4 is 23.5 Å². The van der Waals surface area contributed by atoms with Crippen LogP contribution in [0.4, 0.5) is 0 Å². The number of halogens is 1. The van der Waals surface area contributed by atoms with Crippen molar-refractivity contribution in [3.8, 4) is 11.1 Å². The first-order valence-corrected chi connectivity index (χ1v) is 12.6. The Labute approximate surface area is 213 Å². The molecule has 1 aromatic carbocycles. The van der Waals surface area contributed by atoms with Crippen molar-refractivity contribution in [1.29, 1.82) is 0 Å². The second kappa shape index (κ2) is 11.1. The van der Waals surface area contributed by atoms with Crippen LogP contribution in [-0.2, 0) is 14.3 Å². The number of ether oxygens (including phenoxy) is 2. The van der Waals surface area contributed by atoms with E-state index < -0.39 is 17.7 Å². The quantitative estimate of drug-likeness (QED) is 0.467. The minimum atomic E-state index is -1.01. The third-order valence-electron chi connectivity index (χ3n) is 6.52. The molecule has 0 saturated heterocycles. The summed E-state index contributed by atoms with van der Waals surface area (Å²) in [5.74, 6) is -0.0228. The van der Waals surface area contributed by atoms with Gasteiger partial charge in [-0.05, 0) is 95.0 Å². The smallest absolute Gasteiger partial charge is 0.339 e. The molecule has 1 aliphatic rings. The highest BCUT2D eigenvalue weighted by atomic mass is 35.5. The van der Waals surface area contributed by atoms with Gasteiger partial charge in [-0.25, -0.2) is 9.78 Å². The lowest BCUT2D eigenvalue weighted by Crippen LogP contribution is -2.38. The number of aryl methyl sites for hydroxylation is 1. The van der Waals surface area contributed by atoms with E-state index in [1.54, 1.807) is 19.1 Å². The molecule has 1 fully saturated rings. The van der Waals surface area contributed by atoms with Gasteiger partial charge in [-0.2, -0.15) is 0 Å². The number of rotatable bonds is 6. The number of aromatic nitrogens is 1. The molecule has 6 nitrogen and oxygen atoms in total. The number of carbonyl (C=O) groups excluding carboxylic acids is 2. The molecule has 1 unspecified atom stereocenters. The highest BCUT2D eigenvalue weighted by Crippen LogP contribution is 2.39. The number of hydrogen-bond donors (Lipinski definition) is 1. The highest BCUT2D eigenvalue weighted by Gasteiger charge is 2.34. The predicted molar refractivity (Wildman–Crippen MR) is 139 cm³/mol. The normalized spacial score (nSPS) is 19.2. The summed E-state index contributed by atoms with van der Waals surface area (Å²) in [4.78, 5) is 31.0. The van der Waals surface area contributed by atoms with E-state index in [9.17, 15) is 9.59 Å². The molecule has 1 aliphatic carbocycles. The molecule has 35 heavy (non-hydrogen) atoms. The highest BCUT2D eigenvalue weighted by molar-refractivity contribution is 6.30. The lowest BCUT2D eigenvalue weighted by atomic mass is 9.87. The molecular formula is C28H37ClN2O4. The van der Waals surface area contributed by atoms with Crippen LogP contribution < -0.4 is 5.32 Å². The zero-order valence-electron chi connectivity index (χ0n) is 21.8. The Morgan fingerprint density at radius 2 is 1.69 bits per heavy atom. The van der Waals surface area contributed by atoms with Crippen molar-refractivity contribution in [2.24, 2.45) is 5.92 Å².